The van der Waals surface area contributed by atoms with Crippen LogP contribution in [0.5, 0.6) is 0 Å². The number of anilines is 3. The van der Waals surface area contributed by atoms with Gasteiger partial charge < -0.3 is 0 Å². The van der Waals surface area contributed by atoms with Gasteiger partial charge in [-0.1, -0.05) is 110 Å². The Morgan fingerprint density at radius 1 is 0.689 bits per heavy atom. The van der Waals surface area contributed by atoms with E-state index in [9.17, 15) is 0 Å². The molecule has 0 spiro atoms. The zero-order valence-electron chi connectivity index (χ0n) is 25.5. The predicted octanol–water partition coefficient (Wildman–Crippen LogP) is 13.2. The Labute approximate surface area is 287 Å². The van der Waals surface area contributed by atoms with Gasteiger partial charge in [0, 0.05) is 25.2 Å². The third-order valence-electron chi connectivity index (χ3n) is 7.87. The first-order chi connectivity index (χ1) is 22.0. The van der Waals surface area contributed by atoms with Crippen molar-refractivity contribution in [1.82, 2.24) is 0 Å². The lowest BCUT2D eigenvalue weighted by Gasteiger charge is -2.27. The molecule has 0 aliphatic heterocycles. The van der Waals surface area contributed by atoms with Crippen LogP contribution in [-0.2, 0) is 6.42 Å². The van der Waals surface area contributed by atoms with E-state index in [-0.39, 0.29) is 5.38 Å². The summed E-state index contributed by atoms with van der Waals surface area (Å²) in [6.07, 6.45) is 6.74. The summed E-state index contributed by atoms with van der Waals surface area (Å²) in [7, 11) is 0. The van der Waals surface area contributed by atoms with Gasteiger partial charge in [-0.25, -0.2) is 0 Å². The van der Waals surface area contributed by atoms with Crippen molar-refractivity contribution in [3.63, 3.8) is 0 Å². The predicted molar refractivity (Wildman–Crippen MR) is 197 cm³/mol. The van der Waals surface area contributed by atoms with Crippen molar-refractivity contribution in [2.45, 2.75) is 66.5 Å². The Hall–Kier alpha value is -3.08. The van der Waals surface area contributed by atoms with Gasteiger partial charge in [-0.2, -0.15) is 0 Å². The summed E-state index contributed by atoms with van der Waals surface area (Å²) in [5.74, 6) is 0.484. The molecule has 0 radical (unpaired) electrons. The molecule has 232 valence electrons. The molecule has 0 fully saturated rings. The zero-order valence-corrected chi connectivity index (χ0v) is 28.6. The molecule has 0 aliphatic rings. The van der Waals surface area contributed by atoms with Crippen molar-refractivity contribution >= 4 is 63.6 Å². The Morgan fingerprint density at radius 3 is 1.96 bits per heavy atom. The summed E-state index contributed by atoms with van der Waals surface area (Å²) in [6, 6.07) is 43.6. The van der Waals surface area contributed by atoms with Crippen molar-refractivity contribution in [1.29, 1.82) is 0 Å². The van der Waals surface area contributed by atoms with Crippen LogP contribution in [0.25, 0.3) is 0 Å². The summed E-state index contributed by atoms with van der Waals surface area (Å²) in [5.41, 5.74) is 9.10. The first-order valence-corrected chi connectivity index (χ1v) is 17.6. The van der Waals surface area contributed by atoms with E-state index in [2.05, 4.69) is 91.2 Å². The third kappa shape index (κ3) is 9.95. The number of rotatable bonds is 15. The second-order valence-electron chi connectivity index (χ2n) is 11.3. The molecular weight excluding hydrogens is 635 g/mol. The SMILES string of the molecule is CCCCCC(CC(Cl)Cc1ccccc1Sc1ccc(N(Nc2ccc(Cl)cc2)c2ccc(Cl)cc2)cc1)c1ccccc1. The van der Waals surface area contributed by atoms with Crippen molar-refractivity contribution in [3.05, 3.63) is 149 Å². The van der Waals surface area contributed by atoms with Crippen LogP contribution in [0, 0.1) is 0 Å². The lowest BCUT2D eigenvalue weighted by atomic mass is 9.88. The molecule has 2 atom stereocenters. The molecule has 0 amide bonds. The number of hydrogen-bond donors (Lipinski definition) is 1. The largest absolute Gasteiger partial charge is 0.294 e. The smallest absolute Gasteiger partial charge is 0.0631 e. The number of nitrogens with one attached hydrogen (secondary N) is 1. The van der Waals surface area contributed by atoms with Gasteiger partial charge in [0.2, 0.25) is 0 Å². The van der Waals surface area contributed by atoms with Crippen LogP contribution in [-0.4, -0.2) is 5.38 Å². The van der Waals surface area contributed by atoms with Crippen LogP contribution in [0.3, 0.4) is 0 Å². The highest BCUT2D eigenvalue weighted by molar-refractivity contribution is 7.99. The van der Waals surface area contributed by atoms with Crippen LogP contribution in [0.4, 0.5) is 17.1 Å². The Balaban J connectivity index is 1.29. The van der Waals surface area contributed by atoms with Gasteiger partial charge in [0.25, 0.3) is 0 Å². The number of hydrogen-bond acceptors (Lipinski definition) is 3. The number of hydrazine groups is 1. The molecule has 0 aromatic heterocycles. The molecule has 5 aromatic carbocycles. The van der Waals surface area contributed by atoms with E-state index in [4.69, 9.17) is 34.8 Å². The van der Waals surface area contributed by atoms with E-state index in [1.807, 2.05) is 53.5 Å². The lowest BCUT2D eigenvalue weighted by Crippen LogP contribution is -2.24. The van der Waals surface area contributed by atoms with Gasteiger partial charge in [-0.15, -0.1) is 11.6 Å². The fourth-order valence-corrected chi connectivity index (χ4v) is 7.09. The topological polar surface area (TPSA) is 15.3 Å². The molecular formula is C39H39Cl3N2S. The Kier molecular flexibility index (Phi) is 12.6. The molecule has 0 heterocycles. The minimum Gasteiger partial charge on any atom is -0.294 e. The first kappa shape index (κ1) is 33.3. The average Bonchev–Trinajstić information content (AvgIpc) is 3.06. The fourth-order valence-electron chi connectivity index (χ4n) is 5.50. The number of nitrogens with zero attached hydrogens (tertiary/aromatic N) is 1. The number of halogens is 3. The average molecular weight is 674 g/mol. The summed E-state index contributed by atoms with van der Waals surface area (Å²) in [4.78, 5) is 2.41. The second-order valence-corrected chi connectivity index (χ2v) is 13.9. The molecule has 0 bridgehead atoms. The van der Waals surface area contributed by atoms with E-state index in [0.29, 0.717) is 16.0 Å². The maximum Gasteiger partial charge on any atom is 0.0631 e. The van der Waals surface area contributed by atoms with Gasteiger partial charge in [-0.05, 0) is 115 Å². The molecule has 2 unspecified atom stereocenters. The van der Waals surface area contributed by atoms with Crippen LogP contribution >= 0.6 is 46.6 Å². The van der Waals surface area contributed by atoms with E-state index >= 15 is 0 Å². The summed E-state index contributed by atoms with van der Waals surface area (Å²) in [5, 5.41) is 3.50. The van der Waals surface area contributed by atoms with E-state index < -0.39 is 0 Å². The highest BCUT2D eigenvalue weighted by atomic mass is 35.5. The van der Waals surface area contributed by atoms with Crippen LogP contribution in [0.15, 0.2) is 137 Å². The van der Waals surface area contributed by atoms with Crippen LogP contribution in [0.1, 0.15) is 56.1 Å². The fraction of sp³-hybridized carbons (Fsp3) is 0.231. The maximum absolute atomic E-state index is 7.11. The molecule has 0 saturated heterocycles. The maximum atomic E-state index is 7.11. The number of alkyl halides is 1. The Bertz CT molecular complexity index is 1590. The van der Waals surface area contributed by atoms with Crippen molar-refractivity contribution in [2.24, 2.45) is 0 Å². The highest BCUT2D eigenvalue weighted by Gasteiger charge is 2.19. The van der Waals surface area contributed by atoms with E-state index in [1.165, 1.54) is 46.6 Å². The van der Waals surface area contributed by atoms with Crippen molar-refractivity contribution in [2.75, 3.05) is 10.4 Å². The molecule has 5 rings (SSSR count). The van der Waals surface area contributed by atoms with Crippen LogP contribution < -0.4 is 10.4 Å². The van der Waals surface area contributed by atoms with Gasteiger partial charge >= 0.3 is 0 Å². The second kappa shape index (κ2) is 17.0. The minimum atomic E-state index is 0.0628. The van der Waals surface area contributed by atoms with Gasteiger partial charge in [0.15, 0.2) is 0 Å². The van der Waals surface area contributed by atoms with Crippen LogP contribution in [0.2, 0.25) is 10.0 Å². The number of unbranched alkanes of at least 4 members (excludes halogenated alkanes) is 2. The van der Waals surface area contributed by atoms with Gasteiger partial charge in [-0.3, -0.25) is 10.4 Å². The summed E-state index contributed by atoms with van der Waals surface area (Å²) >= 11 is 21.2. The van der Waals surface area contributed by atoms with Gasteiger partial charge in [0.1, 0.15) is 0 Å². The normalized spacial score (nSPS) is 12.4. The van der Waals surface area contributed by atoms with Crippen molar-refractivity contribution in [3.8, 4) is 0 Å². The molecule has 1 N–H and O–H groups in total. The monoisotopic (exact) mass is 672 g/mol. The van der Waals surface area contributed by atoms with E-state index in [1.54, 1.807) is 11.8 Å². The third-order valence-corrected chi connectivity index (χ3v) is 9.84. The van der Waals surface area contributed by atoms with Gasteiger partial charge in [0.05, 0.1) is 17.1 Å². The highest BCUT2D eigenvalue weighted by Crippen LogP contribution is 2.36. The molecule has 45 heavy (non-hydrogen) atoms. The molecule has 6 heteroatoms. The molecule has 2 nitrogen and oxygen atoms in total. The number of benzene rings is 5. The first-order valence-electron chi connectivity index (χ1n) is 15.6. The molecule has 0 saturated carbocycles. The molecule has 5 aromatic rings. The zero-order chi connectivity index (χ0) is 31.4. The lowest BCUT2D eigenvalue weighted by molar-refractivity contribution is 0.521. The quantitative estimate of drug-likeness (QED) is 0.0676. The summed E-state index contributed by atoms with van der Waals surface area (Å²) < 4.78 is 0. The van der Waals surface area contributed by atoms with E-state index in [0.717, 1.165) is 29.9 Å². The summed E-state index contributed by atoms with van der Waals surface area (Å²) in [6.45, 7) is 2.26. The molecule has 0 aliphatic carbocycles. The Morgan fingerprint density at radius 2 is 1.29 bits per heavy atom. The standard InChI is InChI=1S/C39H39Cl3N2S/c1-2-3-5-12-30(29-10-6-4-7-11-29)27-34(42)28-31-13-8-9-14-39(31)45-38-25-23-37(24-26-38)44(36-21-17-33(41)18-22-36)43-35-19-15-32(40)16-20-35/h4,6-11,13-26,30,34,43H,2-3,5,12,27-28H2,1H3. The van der Waals surface area contributed by atoms with Crippen molar-refractivity contribution < 1.29 is 0 Å². The minimum absolute atomic E-state index is 0.0628.